The Morgan fingerprint density at radius 3 is 2.64 bits per heavy atom. The zero-order valence-corrected chi connectivity index (χ0v) is 13.8. The van der Waals surface area contributed by atoms with E-state index in [1.165, 1.54) is 0 Å². The maximum atomic E-state index is 12.2. The fraction of sp³-hybridized carbons (Fsp3) is 0.250. The minimum Gasteiger partial charge on any atom is -0.343 e. The predicted molar refractivity (Wildman–Crippen MR) is 89.2 cm³/mol. The highest BCUT2D eigenvalue weighted by Gasteiger charge is 2.15. The molecule has 1 heterocycles. The summed E-state index contributed by atoms with van der Waals surface area (Å²) >= 11 is 7.57. The lowest BCUT2D eigenvalue weighted by molar-refractivity contribution is -0.130. The summed E-state index contributed by atoms with van der Waals surface area (Å²) in [6.07, 6.45) is 0. The van der Waals surface area contributed by atoms with Gasteiger partial charge in [0.25, 0.3) is 5.91 Å². The molecular weight excluding hydrogens is 320 g/mol. The van der Waals surface area contributed by atoms with Crippen LogP contribution in [0.15, 0.2) is 41.8 Å². The van der Waals surface area contributed by atoms with Crippen molar-refractivity contribution >= 4 is 34.8 Å². The van der Waals surface area contributed by atoms with E-state index in [1.54, 1.807) is 40.5 Å². The normalized spacial score (nSPS) is 10.3. The van der Waals surface area contributed by atoms with Crippen LogP contribution in [0.2, 0.25) is 5.02 Å². The molecule has 116 valence electrons. The molecule has 0 aliphatic rings. The van der Waals surface area contributed by atoms with Gasteiger partial charge in [0.05, 0.1) is 23.7 Å². The van der Waals surface area contributed by atoms with E-state index >= 15 is 0 Å². The molecule has 2 amide bonds. The van der Waals surface area contributed by atoms with Crippen LogP contribution in [0, 0.1) is 0 Å². The number of halogens is 1. The van der Waals surface area contributed by atoms with Crippen molar-refractivity contribution in [1.82, 2.24) is 10.2 Å². The maximum Gasteiger partial charge on any atom is 0.253 e. The lowest BCUT2D eigenvalue weighted by Gasteiger charge is -2.20. The molecule has 22 heavy (non-hydrogen) atoms. The predicted octanol–water partition coefficient (Wildman–Crippen LogP) is 3.18. The van der Waals surface area contributed by atoms with Crippen molar-refractivity contribution in [2.45, 2.75) is 13.5 Å². The van der Waals surface area contributed by atoms with Gasteiger partial charge < -0.3 is 10.2 Å². The number of nitrogens with one attached hydrogen (secondary N) is 1. The second kappa shape index (κ2) is 7.96. The minimum atomic E-state index is -0.342. The lowest BCUT2D eigenvalue weighted by Crippen LogP contribution is -2.39. The number of hydrogen-bond acceptors (Lipinski definition) is 3. The minimum absolute atomic E-state index is 0.0384. The highest BCUT2D eigenvalue weighted by molar-refractivity contribution is 7.09. The van der Waals surface area contributed by atoms with Crippen LogP contribution in [0.25, 0.3) is 0 Å². The first kappa shape index (κ1) is 16.5. The van der Waals surface area contributed by atoms with Gasteiger partial charge >= 0.3 is 0 Å². The third-order valence-corrected chi connectivity index (χ3v) is 4.37. The number of nitrogens with zero attached hydrogens (tertiary/aromatic N) is 1. The number of hydrogen-bond donors (Lipinski definition) is 1. The van der Waals surface area contributed by atoms with Crippen molar-refractivity contribution in [2.75, 3.05) is 13.1 Å². The van der Waals surface area contributed by atoms with Crippen LogP contribution in [-0.2, 0) is 11.3 Å². The molecule has 0 fully saturated rings. The van der Waals surface area contributed by atoms with E-state index in [9.17, 15) is 9.59 Å². The molecule has 0 spiro atoms. The average Bonchev–Trinajstić information content (AvgIpc) is 3.03. The van der Waals surface area contributed by atoms with Gasteiger partial charge in [-0.3, -0.25) is 9.59 Å². The van der Waals surface area contributed by atoms with Crippen molar-refractivity contribution in [3.63, 3.8) is 0 Å². The van der Waals surface area contributed by atoms with Gasteiger partial charge in [-0.05, 0) is 30.5 Å². The Kier molecular flexibility index (Phi) is 5.98. The highest BCUT2D eigenvalue weighted by atomic mass is 35.5. The molecule has 2 aromatic rings. The molecule has 6 heteroatoms. The molecule has 1 N–H and O–H groups in total. The van der Waals surface area contributed by atoms with Crippen LogP contribution < -0.4 is 5.32 Å². The van der Waals surface area contributed by atoms with E-state index < -0.39 is 0 Å². The number of carbonyl (C=O) groups is 2. The summed E-state index contributed by atoms with van der Waals surface area (Å²) in [6.45, 7) is 3.04. The van der Waals surface area contributed by atoms with Gasteiger partial charge in [0.1, 0.15) is 0 Å². The Balaban J connectivity index is 1.91. The summed E-state index contributed by atoms with van der Waals surface area (Å²) in [5.41, 5.74) is 0.373. The first-order valence-electron chi connectivity index (χ1n) is 6.94. The van der Waals surface area contributed by atoms with Gasteiger partial charge in [0, 0.05) is 11.4 Å². The topological polar surface area (TPSA) is 49.4 Å². The van der Waals surface area contributed by atoms with E-state index in [0.29, 0.717) is 23.7 Å². The maximum absolute atomic E-state index is 12.2. The van der Waals surface area contributed by atoms with Crippen LogP contribution in [-0.4, -0.2) is 29.8 Å². The molecule has 0 saturated heterocycles. The third-order valence-electron chi connectivity index (χ3n) is 3.18. The molecule has 0 bridgehead atoms. The van der Waals surface area contributed by atoms with Crippen molar-refractivity contribution in [1.29, 1.82) is 0 Å². The number of amides is 2. The Morgan fingerprint density at radius 1 is 1.23 bits per heavy atom. The van der Waals surface area contributed by atoms with Crippen LogP contribution in [0.3, 0.4) is 0 Å². The van der Waals surface area contributed by atoms with Crippen LogP contribution in [0.4, 0.5) is 0 Å². The van der Waals surface area contributed by atoms with Gasteiger partial charge in [0.15, 0.2) is 0 Å². The molecular formula is C16H17ClN2O2S. The summed E-state index contributed by atoms with van der Waals surface area (Å²) in [5, 5.41) is 4.98. The third kappa shape index (κ3) is 4.32. The quantitative estimate of drug-likeness (QED) is 0.880. The Labute approximate surface area is 138 Å². The average molecular weight is 337 g/mol. The number of thiophene rings is 1. The van der Waals surface area contributed by atoms with Crippen LogP contribution in [0.1, 0.15) is 22.2 Å². The largest absolute Gasteiger partial charge is 0.343 e. The second-order valence-corrected chi connectivity index (χ2v) is 6.09. The highest BCUT2D eigenvalue weighted by Crippen LogP contribution is 2.14. The number of carbonyl (C=O) groups excluding carboxylic acids is 2. The van der Waals surface area contributed by atoms with E-state index in [0.717, 1.165) is 4.88 Å². The van der Waals surface area contributed by atoms with Crippen LogP contribution in [0.5, 0.6) is 0 Å². The van der Waals surface area contributed by atoms with Gasteiger partial charge in [-0.25, -0.2) is 0 Å². The van der Waals surface area contributed by atoms with Crippen molar-refractivity contribution < 1.29 is 9.59 Å². The van der Waals surface area contributed by atoms with Gasteiger partial charge in [0.2, 0.25) is 5.91 Å². The molecule has 0 radical (unpaired) electrons. The fourth-order valence-electron chi connectivity index (χ4n) is 1.98. The van der Waals surface area contributed by atoms with Crippen molar-refractivity contribution in [2.24, 2.45) is 0 Å². The number of rotatable bonds is 6. The summed E-state index contributed by atoms with van der Waals surface area (Å²) in [5.74, 6) is -0.456. The van der Waals surface area contributed by atoms with E-state index in [-0.39, 0.29) is 18.4 Å². The van der Waals surface area contributed by atoms with Crippen molar-refractivity contribution in [3.05, 3.63) is 57.2 Å². The number of likely N-dealkylation sites (N-methyl/N-ethyl adjacent to an activating group) is 1. The first-order chi connectivity index (χ1) is 10.6. The van der Waals surface area contributed by atoms with Crippen molar-refractivity contribution in [3.8, 4) is 0 Å². The second-order valence-electron chi connectivity index (χ2n) is 4.65. The molecule has 1 aromatic heterocycles. The summed E-state index contributed by atoms with van der Waals surface area (Å²) in [4.78, 5) is 27.1. The standard InChI is InChI=1S/C16H17ClN2O2S/c1-2-19(11-12-6-5-9-22-12)15(20)10-18-16(21)13-7-3-4-8-14(13)17/h3-9H,2,10-11H2,1H3,(H,18,21). The van der Waals surface area contributed by atoms with Gasteiger partial charge in [-0.2, -0.15) is 0 Å². The monoisotopic (exact) mass is 336 g/mol. The molecule has 0 unspecified atom stereocenters. The van der Waals surface area contributed by atoms with Crippen LogP contribution >= 0.6 is 22.9 Å². The fourth-order valence-corrected chi connectivity index (χ4v) is 2.92. The Hall–Kier alpha value is -1.85. The van der Waals surface area contributed by atoms with Gasteiger partial charge in [-0.15, -0.1) is 11.3 Å². The molecule has 0 saturated carbocycles. The Bertz CT molecular complexity index is 643. The molecule has 4 nitrogen and oxygen atoms in total. The molecule has 2 rings (SSSR count). The molecule has 0 aliphatic carbocycles. The zero-order valence-electron chi connectivity index (χ0n) is 12.2. The Morgan fingerprint density at radius 2 is 2.00 bits per heavy atom. The molecule has 0 atom stereocenters. The summed E-state index contributed by atoms with van der Waals surface area (Å²) in [7, 11) is 0. The zero-order chi connectivity index (χ0) is 15.9. The van der Waals surface area contributed by atoms with E-state index in [2.05, 4.69) is 5.32 Å². The van der Waals surface area contributed by atoms with Gasteiger partial charge in [-0.1, -0.05) is 29.8 Å². The van der Waals surface area contributed by atoms with E-state index in [1.807, 2.05) is 24.4 Å². The summed E-state index contributed by atoms with van der Waals surface area (Å²) in [6, 6.07) is 10.7. The first-order valence-corrected chi connectivity index (χ1v) is 8.20. The molecule has 0 aliphatic heterocycles. The lowest BCUT2D eigenvalue weighted by atomic mass is 10.2. The number of benzene rings is 1. The summed E-state index contributed by atoms with van der Waals surface area (Å²) < 4.78 is 0. The molecule has 1 aromatic carbocycles. The SMILES string of the molecule is CCN(Cc1cccs1)C(=O)CNC(=O)c1ccccc1Cl. The smallest absolute Gasteiger partial charge is 0.253 e. The van der Waals surface area contributed by atoms with E-state index in [4.69, 9.17) is 11.6 Å².